The van der Waals surface area contributed by atoms with E-state index in [0.29, 0.717) is 12.5 Å². The number of rotatable bonds is 9. The van der Waals surface area contributed by atoms with E-state index in [-0.39, 0.29) is 0 Å². The molecule has 1 rings (SSSR count). The lowest BCUT2D eigenvalue weighted by molar-refractivity contribution is 0.464. The maximum absolute atomic E-state index is 11.4. The average Bonchev–Trinajstić information content (AvgIpc) is 2.90. The van der Waals surface area contributed by atoms with Crippen molar-refractivity contribution >= 4 is 27.3 Å². The molecule has 24 heavy (non-hydrogen) atoms. The van der Waals surface area contributed by atoms with E-state index in [1.807, 2.05) is 27.0 Å². The van der Waals surface area contributed by atoms with Crippen LogP contribution in [0.2, 0.25) is 0 Å². The highest BCUT2D eigenvalue weighted by molar-refractivity contribution is 7.88. The van der Waals surface area contributed by atoms with Gasteiger partial charge in [0.25, 0.3) is 0 Å². The van der Waals surface area contributed by atoms with Crippen molar-refractivity contribution in [3.05, 3.63) is 16.1 Å². The van der Waals surface area contributed by atoms with Crippen LogP contribution in [0.3, 0.4) is 0 Å². The third-order valence-electron chi connectivity index (χ3n) is 3.02. The number of aromatic nitrogens is 1. The molecule has 0 amide bonds. The molecule has 0 aliphatic rings. The summed E-state index contributed by atoms with van der Waals surface area (Å²) in [6, 6.07) is 0. The largest absolute Gasteiger partial charge is 0.357 e. The summed E-state index contributed by atoms with van der Waals surface area (Å²) in [5.41, 5.74) is -0.638. The van der Waals surface area contributed by atoms with E-state index < -0.39 is 15.6 Å². The third kappa shape index (κ3) is 8.60. The fraction of sp³-hybridized carbons (Fsp3) is 0.733. The molecule has 3 N–H and O–H groups in total. The lowest BCUT2D eigenvalue weighted by atomic mass is 10.1. The zero-order chi connectivity index (χ0) is 18.2. The van der Waals surface area contributed by atoms with E-state index in [0.717, 1.165) is 37.2 Å². The molecule has 0 bridgehead atoms. The van der Waals surface area contributed by atoms with Crippen molar-refractivity contribution < 1.29 is 8.42 Å². The standard InChI is InChI=1S/C15H29N5O2S2/c1-6-12-10-18-13(23-12)8-9-17-14(16-7-2)19-11-15(3,4)20-24(5,21)22/h10,20H,6-9,11H2,1-5H3,(H2,16,17,19). The summed E-state index contributed by atoms with van der Waals surface area (Å²) >= 11 is 1.73. The van der Waals surface area contributed by atoms with Crippen LogP contribution >= 0.6 is 11.3 Å². The Morgan fingerprint density at radius 1 is 1.33 bits per heavy atom. The topological polar surface area (TPSA) is 95.5 Å². The SMILES string of the molecule is CCNC(=NCC(C)(C)NS(C)(=O)=O)NCCc1ncc(CC)s1. The van der Waals surface area contributed by atoms with E-state index in [9.17, 15) is 8.42 Å². The van der Waals surface area contributed by atoms with Crippen LogP contribution in [0.15, 0.2) is 11.2 Å². The highest BCUT2D eigenvalue weighted by Crippen LogP contribution is 2.13. The second-order valence-corrected chi connectivity index (χ2v) is 9.15. The van der Waals surface area contributed by atoms with Crippen LogP contribution < -0.4 is 15.4 Å². The molecule has 1 aromatic heterocycles. The molecule has 0 saturated heterocycles. The van der Waals surface area contributed by atoms with Gasteiger partial charge in [0, 0.05) is 36.1 Å². The highest BCUT2D eigenvalue weighted by atomic mass is 32.2. The van der Waals surface area contributed by atoms with Gasteiger partial charge in [0.05, 0.1) is 17.8 Å². The van der Waals surface area contributed by atoms with Crippen molar-refractivity contribution in [1.82, 2.24) is 20.3 Å². The van der Waals surface area contributed by atoms with Gasteiger partial charge in [0.15, 0.2) is 5.96 Å². The van der Waals surface area contributed by atoms with Gasteiger partial charge in [-0.15, -0.1) is 11.3 Å². The second-order valence-electron chi connectivity index (χ2n) is 6.20. The van der Waals surface area contributed by atoms with Gasteiger partial charge in [-0.2, -0.15) is 0 Å². The number of aryl methyl sites for hydroxylation is 1. The zero-order valence-electron chi connectivity index (χ0n) is 15.1. The molecule has 0 radical (unpaired) electrons. The molecule has 138 valence electrons. The van der Waals surface area contributed by atoms with Crippen molar-refractivity contribution in [2.24, 2.45) is 4.99 Å². The van der Waals surface area contributed by atoms with Gasteiger partial charge in [-0.3, -0.25) is 4.99 Å². The maximum Gasteiger partial charge on any atom is 0.209 e. The molecule has 1 aromatic rings. The molecule has 0 spiro atoms. The van der Waals surface area contributed by atoms with Gasteiger partial charge in [-0.1, -0.05) is 6.92 Å². The van der Waals surface area contributed by atoms with Crippen LogP contribution in [0.5, 0.6) is 0 Å². The third-order valence-corrected chi connectivity index (χ3v) is 5.14. The minimum atomic E-state index is -3.26. The van der Waals surface area contributed by atoms with Gasteiger partial charge >= 0.3 is 0 Å². The van der Waals surface area contributed by atoms with Crippen molar-refractivity contribution in [2.45, 2.75) is 46.1 Å². The normalized spacial score (nSPS) is 13.1. The van der Waals surface area contributed by atoms with Crippen molar-refractivity contribution in [2.75, 3.05) is 25.9 Å². The fourth-order valence-electron chi connectivity index (χ4n) is 2.07. The van der Waals surface area contributed by atoms with E-state index in [4.69, 9.17) is 0 Å². The predicted octanol–water partition coefficient (Wildman–Crippen LogP) is 1.13. The first-order chi connectivity index (χ1) is 11.1. The molecule has 0 aliphatic heterocycles. The van der Waals surface area contributed by atoms with Gasteiger partial charge in [0.2, 0.25) is 10.0 Å². The molecule has 0 aliphatic carbocycles. The number of hydrogen-bond acceptors (Lipinski definition) is 5. The Hall–Kier alpha value is -1.19. The number of aliphatic imine (C=N–C) groups is 1. The van der Waals surface area contributed by atoms with Gasteiger partial charge in [-0.05, 0) is 27.2 Å². The van der Waals surface area contributed by atoms with Crippen molar-refractivity contribution in [3.8, 4) is 0 Å². The first-order valence-corrected chi connectivity index (χ1v) is 10.8. The fourth-order valence-corrected chi connectivity index (χ4v) is 4.00. The lowest BCUT2D eigenvalue weighted by Crippen LogP contribution is -2.47. The second kappa shape index (κ2) is 9.33. The Kier molecular flexibility index (Phi) is 8.11. The summed E-state index contributed by atoms with van der Waals surface area (Å²) in [4.78, 5) is 10.2. The first-order valence-electron chi connectivity index (χ1n) is 8.10. The monoisotopic (exact) mass is 375 g/mol. The van der Waals surface area contributed by atoms with Crippen LogP contribution in [-0.2, 0) is 22.9 Å². The van der Waals surface area contributed by atoms with E-state index in [1.165, 1.54) is 4.88 Å². The van der Waals surface area contributed by atoms with Crippen molar-refractivity contribution in [3.63, 3.8) is 0 Å². The number of thiazole rings is 1. The smallest absolute Gasteiger partial charge is 0.209 e. The first kappa shape index (κ1) is 20.9. The summed E-state index contributed by atoms with van der Waals surface area (Å²) in [6.45, 7) is 9.53. The quantitative estimate of drug-likeness (QED) is 0.444. The van der Waals surface area contributed by atoms with Crippen LogP contribution in [-0.4, -0.2) is 50.8 Å². The molecule has 0 atom stereocenters. The summed E-state index contributed by atoms with van der Waals surface area (Å²) in [6.07, 6.45) is 4.93. The van der Waals surface area contributed by atoms with Crippen LogP contribution in [0.1, 0.15) is 37.6 Å². The highest BCUT2D eigenvalue weighted by Gasteiger charge is 2.21. The van der Waals surface area contributed by atoms with E-state index >= 15 is 0 Å². The summed E-state index contributed by atoms with van der Waals surface area (Å²) in [5.74, 6) is 0.674. The molecule has 0 unspecified atom stereocenters. The van der Waals surface area contributed by atoms with Gasteiger partial charge < -0.3 is 10.6 Å². The Balaban J connectivity index is 2.55. The predicted molar refractivity (Wildman–Crippen MR) is 101 cm³/mol. The Morgan fingerprint density at radius 2 is 2.04 bits per heavy atom. The Morgan fingerprint density at radius 3 is 2.58 bits per heavy atom. The summed E-state index contributed by atoms with van der Waals surface area (Å²) in [7, 11) is -3.26. The number of nitrogens with one attached hydrogen (secondary N) is 3. The molecule has 9 heteroatoms. The molecular formula is C15H29N5O2S2. The van der Waals surface area contributed by atoms with Gasteiger partial charge in [0.1, 0.15) is 0 Å². The molecule has 1 heterocycles. The minimum Gasteiger partial charge on any atom is -0.357 e. The Bertz CT molecular complexity index is 638. The number of sulfonamides is 1. The lowest BCUT2D eigenvalue weighted by Gasteiger charge is -2.23. The Labute approximate surface area is 149 Å². The van der Waals surface area contributed by atoms with E-state index in [2.05, 4.69) is 32.3 Å². The maximum atomic E-state index is 11.4. The molecule has 0 fully saturated rings. The van der Waals surface area contributed by atoms with Crippen molar-refractivity contribution in [1.29, 1.82) is 0 Å². The molecule has 0 saturated carbocycles. The molecule has 7 nitrogen and oxygen atoms in total. The zero-order valence-corrected chi connectivity index (χ0v) is 16.8. The van der Waals surface area contributed by atoms with Crippen LogP contribution in [0.4, 0.5) is 0 Å². The number of hydrogen-bond donors (Lipinski definition) is 3. The van der Waals surface area contributed by atoms with Crippen LogP contribution in [0, 0.1) is 0 Å². The number of guanidine groups is 1. The minimum absolute atomic E-state index is 0.340. The number of nitrogens with zero attached hydrogens (tertiary/aromatic N) is 2. The molecule has 0 aromatic carbocycles. The summed E-state index contributed by atoms with van der Waals surface area (Å²) < 4.78 is 25.3. The van der Waals surface area contributed by atoms with Gasteiger partial charge in [-0.25, -0.2) is 18.1 Å². The van der Waals surface area contributed by atoms with E-state index in [1.54, 1.807) is 11.3 Å². The average molecular weight is 376 g/mol. The summed E-state index contributed by atoms with van der Waals surface area (Å²) in [5, 5.41) is 7.53. The molecular weight excluding hydrogens is 346 g/mol. The van der Waals surface area contributed by atoms with Crippen LogP contribution in [0.25, 0.3) is 0 Å².